The molecule has 1 aliphatic rings. The normalized spacial score (nSPS) is 15.6. The largest absolute Gasteiger partial charge is 0.481 e. The van der Waals surface area contributed by atoms with Gasteiger partial charge in [-0.1, -0.05) is 31.2 Å². The number of amides is 1. The summed E-state index contributed by atoms with van der Waals surface area (Å²) in [7, 11) is 0. The highest BCUT2D eigenvalue weighted by molar-refractivity contribution is 5.81. The van der Waals surface area contributed by atoms with Crippen molar-refractivity contribution in [2.45, 2.75) is 71.9 Å². The van der Waals surface area contributed by atoms with Crippen LogP contribution >= 0.6 is 0 Å². The van der Waals surface area contributed by atoms with Gasteiger partial charge in [-0.05, 0) is 92.8 Å². The molecule has 0 aromatic heterocycles. The highest BCUT2D eigenvalue weighted by Gasteiger charge is 2.21. The third-order valence-electron chi connectivity index (χ3n) is 5.65. The van der Waals surface area contributed by atoms with Gasteiger partial charge in [0.05, 0.1) is 6.04 Å². The minimum absolute atomic E-state index is 0.0435. The molecule has 3 nitrogen and oxygen atoms in total. The van der Waals surface area contributed by atoms with Crippen LogP contribution in [0.5, 0.6) is 5.75 Å². The van der Waals surface area contributed by atoms with Crippen molar-refractivity contribution in [1.82, 2.24) is 5.32 Å². The summed E-state index contributed by atoms with van der Waals surface area (Å²) in [5.74, 6) is 0.748. The average Bonchev–Trinajstić information content (AvgIpc) is 2.67. The standard InChI is InChI=1S/C24H31NO2/c1-5-23(27-22-13-12-19-8-6-7-9-21(19)15-22)24(26)25-18(4)20-11-10-16(2)17(3)14-20/h10-15,18,23H,5-9H2,1-4H3,(H,25,26)/t18-,23-/m0/s1. The van der Waals surface area contributed by atoms with Gasteiger partial charge in [0.25, 0.3) is 5.91 Å². The second-order valence-electron chi connectivity index (χ2n) is 7.73. The van der Waals surface area contributed by atoms with Crippen LogP contribution in [0.2, 0.25) is 0 Å². The fourth-order valence-corrected chi connectivity index (χ4v) is 3.69. The van der Waals surface area contributed by atoms with Crippen molar-refractivity contribution >= 4 is 5.91 Å². The molecule has 2 atom stereocenters. The van der Waals surface area contributed by atoms with Crippen LogP contribution in [0.3, 0.4) is 0 Å². The Balaban J connectivity index is 1.66. The van der Waals surface area contributed by atoms with Crippen molar-refractivity contribution in [3.63, 3.8) is 0 Å². The molecule has 0 unspecified atom stereocenters. The molecule has 3 rings (SSSR count). The first-order valence-corrected chi connectivity index (χ1v) is 10.1. The molecular weight excluding hydrogens is 334 g/mol. The van der Waals surface area contributed by atoms with Gasteiger partial charge in [-0.25, -0.2) is 0 Å². The van der Waals surface area contributed by atoms with Gasteiger partial charge < -0.3 is 10.1 Å². The van der Waals surface area contributed by atoms with Crippen LogP contribution in [-0.2, 0) is 17.6 Å². The molecule has 3 heteroatoms. The Bertz CT molecular complexity index is 812. The minimum atomic E-state index is -0.472. The molecular formula is C24H31NO2. The number of hydrogen-bond donors (Lipinski definition) is 1. The number of aryl methyl sites for hydroxylation is 4. The van der Waals surface area contributed by atoms with Crippen molar-refractivity contribution in [2.75, 3.05) is 0 Å². The number of ether oxygens (including phenoxy) is 1. The summed E-state index contributed by atoms with van der Waals surface area (Å²) in [5, 5.41) is 3.11. The SMILES string of the molecule is CC[C@H](Oc1ccc2c(c1)CCCC2)C(=O)N[C@@H](C)c1ccc(C)c(C)c1. The lowest BCUT2D eigenvalue weighted by Crippen LogP contribution is -2.39. The van der Waals surface area contributed by atoms with E-state index in [1.54, 1.807) is 0 Å². The zero-order valence-electron chi connectivity index (χ0n) is 17.0. The zero-order valence-corrected chi connectivity index (χ0v) is 17.0. The molecule has 0 heterocycles. The molecule has 1 amide bonds. The van der Waals surface area contributed by atoms with Crippen LogP contribution in [0.15, 0.2) is 36.4 Å². The monoisotopic (exact) mass is 365 g/mol. The minimum Gasteiger partial charge on any atom is -0.481 e. The smallest absolute Gasteiger partial charge is 0.261 e. The van der Waals surface area contributed by atoms with Gasteiger partial charge >= 0.3 is 0 Å². The molecule has 1 aliphatic carbocycles. The number of benzene rings is 2. The zero-order chi connectivity index (χ0) is 19.4. The molecule has 0 bridgehead atoms. The molecule has 144 valence electrons. The van der Waals surface area contributed by atoms with E-state index in [4.69, 9.17) is 4.74 Å². The summed E-state index contributed by atoms with van der Waals surface area (Å²) in [6.45, 7) is 8.21. The first-order chi connectivity index (χ1) is 13.0. The lowest BCUT2D eigenvalue weighted by atomic mass is 9.92. The number of rotatable bonds is 6. The Morgan fingerprint density at radius 1 is 1.04 bits per heavy atom. The summed E-state index contributed by atoms with van der Waals surface area (Å²) >= 11 is 0. The van der Waals surface area contributed by atoms with E-state index in [0.717, 1.165) is 24.2 Å². The fraction of sp³-hybridized carbons (Fsp3) is 0.458. The number of carbonyl (C=O) groups excluding carboxylic acids is 1. The number of fused-ring (bicyclic) bond motifs is 1. The topological polar surface area (TPSA) is 38.3 Å². The van der Waals surface area contributed by atoms with E-state index in [9.17, 15) is 4.79 Å². The molecule has 0 radical (unpaired) electrons. The summed E-state index contributed by atoms with van der Waals surface area (Å²) in [6, 6.07) is 12.6. The van der Waals surface area contributed by atoms with Gasteiger partial charge in [0, 0.05) is 0 Å². The molecule has 2 aromatic carbocycles. The van der Waals surface area contributed by atoms with Crippen LogP contribution < -0.4 is 10.1 Å². The van der Waals surface area contributed by atoms with Crippen molar-refractivity contribution in [3.8, 4) is 5.75 Å². The van der Waals surface area contributed by atoms with E-state index < -0.39 is 6.10 Å². The van der Waals surface area contributed by atoms with Gasteiger partial charge in [-0.2, -0.15) is 0 Å². The Labute approximate surface area is 163 Å². The predicted molar refractivity (Wildman–Crippen MR) is 110 cm³/mol. The van der Waals surface area contributed by atoms with Gasteiger partial charge in [-0.3, -0.25) is 4.79 Å². The van der Waals surface area contributed by atoms with Crippen molar-refractivity contribution < 1.29 is 9.53 Å². The van der Waals surface area contributed by atoms with Gasteiger partial charge in [0.15, 0.2) is 6.10 Å². The lowest BCUT2D eigenvalue weighted by Gasteiger charge is -2.22. The van der Waals surface area contributed by atoms with E-state index in [1.165, 1.54) is 35.1 Å². The van der Waals surface area contributed by atoms with Crippen LogP contribution in [0.1, 0.15) is 67.0 Å². The fourth-order valence-electron chi connectivity index (χ4n) is 3.69. The molecule has 0 saturated heterocycles. The molecule has 2 aromatic rings. The van der Waals surface area contributed by atoms with Crippen molar-refractivity contribution in [1.29, 1.82) is 0 Å². The third kappa shape index (κ3) is 4.71. The van der Waals surface area contributed by atoms with Crippen molar-refractivity contribution in [3.05, 3.63) is 64.2 Å². The number of nitrogens with one attached hydrogen (secondary N) is 1. The molecule has 0 fully saturated rings. The molecule has 0 spiro atoms. The Hall–Kier alpha value is -2.29. The van der Waals surface area contributed by atoms with E-state index in [0.29, 0.717) is 6.42 Å². The highest BCUT2D eigenvalue weighted by atomic mass is 16.5. The first kappa shape index (κ1) is 19.5. The van der Waals surface area contributed by atoms with Crippen molar-refractivity contribution in [2.24, 2.45) is 0 Å². The van der Waals surface area contributed by atoms with Crippen LogP contribution in [-0.4, -0.2) is 12.0 Å². The molecule has 0 aliphatic heterocycles. The predicted octanol–water partition coefficient (Wildman–Crippen LogP) is 5.22. The lowest BCUT2D eigenvalue weighted by molar-refractivity contribution is -0.128. The third-order valence-corrected chi connectivity index (χ3v) is 5.65. The Morgan fingerprint density at radius 2 is 1.78 bits per heavy atom. The number of hydrogen-bond acceptors (Lipinski definition) is 2. The maximum atomic E-state index is 12.8. The molecule has 27 heavy (non-hydrogen) atoms. The first-order valence-electron chi connectivity index (χ1n) is 10.1. The summed E-state index contributed by atoms with van der Waals surface area (Å²) in [5.41, 5.74) is 6.42. The molecule has 0 saturated carbocycles. The Kier molecular flexibility index (Phi) is 6.20. The van der Waals surface area contributed by atoms with Crippen LogP contribution in [0.4, 0.5) is 0 Å². The highest BCUT2D eigenvalue weighted by Crippen LogP contribution is 2.26. The maximum absolute atomic E-state index is 12.8. The van der Waals surface area contributed by atoms with Crippen LogP contribution in [0, 0.1) is 13.8 Å². The average molecular weight is 366 g/mol. The van der Waals surface area contributed by atoms with E-state index in [1.807, 2.05) is 19.9 Å². The summed E-state index contributed by atoms with van der Waals surface area (Å²) in [6.07, 6.45) is 4.94. The van der Waals surface area contributed by atoms with E-state index in [2.05, 4.69) is 49.5 Å². The van der Waals surface area contributed by atoms with E-state index in [-0.39, 0.29) is 11.9 Å². The second kappa shape index (κ2) is 8.60. The van der Waals surface area contributed by atoms with Gasteiger partial charge in [0.1, 0.15) is 5.75 Å². The summed E-state index contributed by atoms with van der Waals surface area (Å²) < 4.78 is 6.06. The second-order valence-corrected chi connectivity index (χ2v) is 7.73. The Morgan fingerprint density at radius 3 is 2.48 bits per heavy atom. The quantitative estimate of drug-likeness (QED) is 0.762. The maximum Gasteiger partial charge on any atom is 0.261 e. The van der Waals surface area contributed by atoms with Gasteiger partial charge in [0.2, 0.25) is 0 Å². The van der Waals surface area contributed by atoms with Crippen LogP contribution in [0.25, 0.3) is 0 Å². The number of carbonyl (C=O) groups is 1. The van der Waals surface area contributed by atoms with Gasteiger partial charge in [-0.15, -0.1) is 0 Å². The summed E-state index contributed by atoms with van der Waals surface area (Å²) in [4.78, 5) is 12.8. The van der Waals surface area contributed by atoms with E-state index >= 15 is 0 Å². The molecule has 1 N–H and O–H groups in total.